The predicted octanol–water partition coefficient (Wildman–Crippen LogP) is 5.11. The molecule has 0 aliphatic carbocycles. The largest absolute Gasteiger partial charge is 0.414 e. The molecule has 1 heterocycles. The van der Waals surface area contributed by atoms with Gasteiger partial charge in [-0.15, -0.1) is 0 Å². The lowest BCUT2D eigenvalue weighted by Gasteiger charge is -2.24. The Morgan fingerprint density at radius 3 is 2.10 bits per heavy atom. The molecular formula is C20H17F5N4. The second-order valence-corrected chi connectivity index (χ2v) is 6.41. The van der Waals surface area contributed by atoms with Gasteiger partial charge in [0.05, 0.1) is 5.69 Å². The molecule has 1 unspecified atom stereocenters. The van der Waals surface area contributed by atoms with Crippen LogP contribution >= 0.6 is 0 Å². The van der Waals surface area contributed by atoms with Crippen LogP contribution in [0.1, 0.15) is 17.3 Å². The molecule has 29 heavy (non-hydrogen) atoms. The number of nitrogens with one attached hydrogen (secondary N) is 1. The lowest BCUT2D eigenvalue weighted by molar-refractivity contribution is -0.144. The van der Waals surface area contributed by atoms with Gasteiger partial charge in [-0.1, -0.05) is 12.1 Å². The first-order chi connectivity index (χ1) is 13.7. The van der Waals surface area contributed by atoms with Gasteiger partial charge in [-0.2, -0.15) is 13.2 Å². The average molecular weight is 408 g/mol. The smallest absolute Gasteiger partial charge is 0.369 e. The predicted molar refractivity (Wildman–Crippen MR) is 99.4 cm³/mol. The molecule has 1 N–H and O–H groups in total. The molecule has 2 aromatic carbocycles. The Kier molecular flexibility index (Phi) is 5.95. The molecule has 0 saturated heterocycles. The molecule has 3 rings (SSSR count). The quantitative estimate of drug-likeness (QED) is 0.576. The van der Waals surface area contributed by atoms with Crippen LogP contribution in [-0.4, -0.2) is 23.2 Å². The third-order valence-corrected chi connectivity index (χ3v) is 4.18. The second-order valence-electron chi connectivity index (χ2n) is 6.41. The van der Waals surface area contributed by atoms with Crippen molar-refractivity contribution in [3.8, 4) is 0 Å². The van der Waals surface area contributed by atoms with Crippen LogP contribution in [0, 0.1) is 11.6 Å². The molecule has 0 aliphatic rings. The van der Waals surface area contributed by atoms with E-state index in [1.54, 1.807) is 24.1 Å². The van der Waals surface area contributed by atoms with Gasteiger partial charge in [0.25, 0.3) is 0 Å². The first-order valence-electron chi connectivity index (χ1n) is 8.59. The number of aromatic nitrogens is 2. The maximum Gasteiger partial charge on any atom is 0.414 e. The minimum Gasteiger partial charge on any atom is -0.369 e. The SMILES string of the molecule is CN(Cc1ccc(F)cc1)c1cc(C(Nc2ccc(F)cc2)C(F)(F)F)ncn1. The Hall–Kier alpha value is -3.23. The normalized spacial score (nSPS) is 12.5. The highest BCUT2D eigenvalue weighted by Crippen LogP contribution is 2.35. The number of hydrogen-bond donors (Lipinski definition) is 1. The Balaban J connectivity index is 1.83. The summed E-state index contributed by atoms with van der Waals surface area (Å²) >= 11 is 0. The number of anilines is 2. The summed E-state index contributed by atoms with van der Waals surface area (Å²) < 4.78 is 67.0. The highest BCUT2D eigenvalue weighted by Gasteiger charge is 2.42. The molecule has 1 aromatic heterocycles. The fraction of sp³-hybridized carbons (Fsp3) is 0.200. The fourth-order valence-corrected chi connectivity index (χ4v) is 2.71. The van der Waals surface area contributed by atoms with Crippen molar-refractivity contribution < 1.29 is 22.0 Å². The average Bonchev–Trinajstić information content (AvgIpc) is 2.68. The van der Waals surface area contributed by atoms with E-state index in [0.29, 0.717) is 6.54 Å². The molecule has 4 nitrogen and oxygen atoms in total. The van der Waals surface area contributed by atoms with Crippen molar-refractivity contribution in [1.29, 1.82) is 0 Å². The first kappa shape index (κ1) is 20.5. The summed E-state index contributed by atoms with van der Waals surface area (Å²) in [4.78, 5) is 9.44. The standard InChI is InChI=1S/C20H17F5N4/c1-29(11-13-2-4-14(21)5-3-13)18-10-17(26-12-27-18)19(20(23,24)25)28-16-8-6-15(22)7-9-16/h2-10,12,19,28H,11H2,1H3. The number of alkyl halides is 3. The molecule has 0 bridgehead atoms. The van der Waals surface area contributed by atoms with Gasteiger partial charge in [0, 0.05) is 25.3 Å². The van der Waals surface area contributed by atoms with Crippen LogP contribution < -0.4 is 10.2 Å². The van der Waals surface area contributed by atoms with Gasteiger partial charge >= 0.3 is 6.18 Å². The monoisotopic (exact) mass is 408 g/mol. The zero-order chi connectivity index (χ0) is 21.0. The van der Waals surface area contributed by atoms with Crippen molar-refractivity contribution >= 4 is 11.5 Å². The van der Waals surface area contributed by atoms with Crippen molar-refractivity contribution in [3.05, 3.63) is 83.8 Å². The lowest BCUT2D eigenvalue weighted by atomic mass is 10.1. The number of benzene rings is 2. The third-order valence-electron chi connectivity index (χ3n) is 4.18. The van der Waals surface area contributed by atoms with E-state index in [4.69, 9.17) is 0 Å². The van der Waals surface area contributed by atoms with Crippen LogP contribution in [0.4, 0.5) is 33.5 Å². The Morgan fingerprint density at radius 1 is 0.931 bits per heavy atom. The van der Waals surface area contributed by atoms with E-state index in [1.807, 2.05) is 0 Å². The van der Waals surface area contributed by atoms with E-state index in [-0.39, 0.29) is 23.0 Å². The van der Waals surface area contributed by atoms with Crippen molar-refractivity contribution in [3.63, 3.8) is 0 Å². The molecule has 152 valence electrons. The Morgan fingerprint density at radius 2 is 1.52 bits per heavy atom. The van der Waals surface area contributed by atoms with Crippen molar-refractivity contribution in [2.24, 2.45) is 0 Å². The van der Waals surface area contributed by atoms with Crippen LogP contribution in [0.15, 0.2) is 60.9 Å². The number of hydrogen-bond acceptors (Lipinski definition) is 4. The highest BCUT2D eigenvalue weighted by molar-refractivity contribution is 5.47. The highest BCUT2D eigenvalue weighted by atomic mass is 19.4. The summed E-state index contributed by atoms with van der Waals surface area (Å²) in [6.07, 6.45) is -3.59. The van der Waals surface area contributed by atoms with E-state index in [2.05, 4.69) is 15.3 Å². The maximum absolute atomic E-state index is 13.6. The Bertz CT molecular complexity index is 942. The zero-order valence-electron chi connectivity index (χ0n) is 15.3. The molecule has 0 amide bonds. The van der Waals surface area contributed by atoms with Gasteiger partial charge < -0.3 is 10.2 Å². The van der Waals surface area contributed by atoms with Gasteiger partial charge in [0.15, 0.2) is 6.04 Å². The second kappa shape index (κ2) is 8.42. The zero-order valence-corrected chi connectivity index (χ0v) is 15.3. The molecule has 0 fully saturated rings. The summed E-state index contributed by atoms with van der Waals surface area (Å²) in [6.45, 7) is 0.318. The van der Waals surface area contributed by atoms with Crippen molar-refractivity contribution in [2.45, 2.75) is 18.8 Å². The topological polar surface area (TPSA) is 41.0 Å². The van der Waals surface area contributed by atoms with Crippen LogP contribution in [0.3, 0.4) is 0 Å². The van der Waals surface area contributed by atoms with Gasteiger partial charge in [0.2, 0.25) is 0 Å². The summed E-state index contributed by atoms with van der Waals surface area (Å²) in [5, 5.41) is 2.34. The van der Waals surface area contributed by atoms with E-state index >= 15 is 0 Å². The van der Waals surface area contributed by atoms with Crippen LogP contribution in [0.25, 0.3) is 0 Å². The fourth-order valence-electron chi connectivity index (χ4n) is 2.71. The van der Waals surface area contributed by atoms with Gasteiger partial charge in [0.1, 0.15) is 23.8 Å². The lowest BCUT2D eigenvalue weighted by Crippen LogP contribution is -2.29. The molecule has 1 atom stereocenters. The Labute approximate surface area is 164 Å². The van der Waals surface area contributed by atoms with E-state index in [0.717, 1.165) is 24.0 Å². The molecule has 0 aliphatic heterocycles. The summed E-state index contributed by atoms with van der Waals surface area (Å²) in [7, 11) is 1.66. The molecule has 0 radical (unpaired) electrons. The summed E-state index contributed by atoms with van der Waals surface area (Å²) in [5.74, 6) is -0.652. The number of halogens is 5. The number of rotatable bonds is 6. The summed E-state index contributed by atoms with van der Waals surface area (Å²) in [6, 6.07) is 9.49. The maximum atomic E-state index is 13.6. The van der Waals surface area contributed by atoms with Crippen LogP contribution in [0.2, 0.25) is 0 Å². The number of nitrogens with zero attached hydrogens (tertiary/aromatic N) is 3. The van der Waals surface area contributed by atoms with Crippen molar-refractivity contribution in [2.75, 3.05) is 17.3 Å². The third kappa shape index (κ3) is 5.40. The molecular weight excluding hydrogens is 391 g/mol. The summed E-state index contributed by atoms with van der Waals surface area (Å²) in [5.41, 5.74) is 0.595. The van der Waals surface area contributed by atoms with Gasteiger partial charge in [-0.25, -0.2) is 18.7 Å². The minimum atomic E-state index is -4.64. The molecule has 0 spiro atoms. The van der Waals surface area contributed by atoms with Crippen LogP contribution in [-0.2, 0) is 6.54 Å². The molecule has 9 heteroatoms. The van der Waals surface area contributed by atoms with Crippen LogP contribution in [0.5, 0.6) is 0 Å². The van der Waals surface area contributed by atoms with E-state index in [1.165, 1.54) is 30.3 Å². The first-order valence-corrected chi connectivity index (χ1v) is 8.59. The molecule has 3 aromatic rings. The van der Waals surface area contributed by atoms with Gasteiger partial charge in [-0.05, 0) is 42.0 Å². The van der Waals surface area contributed by atoms with Gasteiger partial charge in [-0.3, -0.25) is 0 Å². The molecule has 0 saturated carbocycles. The van der Waals surface area contributed by atoms with E-state index in [9.17, 15) is 22.0 Å². The minimum absolute atomic E-state index is 0.105. The van der Waals surface area contributed by atoms with Crippen molar-refractivity contribution in [1.82, 2.24) is 9.97 Å². The van der Waals surface area contributed by atoms with E-state index < -0.39 is 18.0 Å².